The van der Waals surface area contributed by atoms with Gasteiger partial charge in [-0.25, -0.2) is 4.79 Å². The molecule has 7 nitrogen and oxygen atoms in total. The highest BCUT2D eigenvalue weighted by atomic mass is 16.5. The number of hydrogen-bond acceptors (Lipinski definition) is 5. The van der Waals surface area contributed by atoms with Gasteiger partial charge in [0.05, 0.1) is 30.8 Å². The molecular formula is C17H15N3O4. The average molecular weight is 325 g/mol. The molecule has 0 fully saturated rings. The van der Waals surface area contributed by atoms with Gasteiger partial charge < -0.3 is 14.5 Å². The first-order valence-corrected chi connectivity index (χ1v) is 7.15. The Hall–Kier alpha value is -3.35. The highest BCUT2D eigenvalue weighted by Crippen LogP contribution is 2.32. The first-order valence-electron chi connectivity index (χ1n) is 7.15. The molecule has 122 valence electrons. The minimum absolute atomic E-state index is 0.183. The van der Waals surface area contributed by atoms with Crippen LogP contribution in [0.3, 0.4) is 0 Å². The third-order valence-corrected chi connectivity index (χ3v) is 3.53. The molecule has 0 unspecified atom stereocenters. The minimum atomic E-state index is -0.489. The summed E-state index contributed by atoms with van der Waals surface area (Å²) in [6.07, 6.45) is 3.49. The van der Waals surface area contributed by atoms with Crippen LogP contribution in [0.15, 0.2) is 35.1 Å². The first-order chi connectivity index (χ1) is 11.6. The summed E-state index contributed by atoms with van der Waals surface area (Å²) in [7, 11) is 2.80. The molecule has 1 aromatic carbocycles. The number of nitrogens with zero attached hydrogens (tertiary/aromatic N) is 1. The fourth-order valence-corrected chi connectivity index (χ4v) is 2.44. The molecule has 0 aliphatic rings. The Morgan fingerprint density at radius 1 is 1.17 bits per heavy atom. The van der Waals surface area contributed by atoms with Crippen LogP contribution in [0.25, 0.3) is 23.1 Å². The number of hydrogen-bond donors (Lipinski definition) is 2. The summed E-state index contributed by atoms with van der Waals surface area (Å²) in [5.41, 5.74) is 2.08. The molecule has 0 radical (unpaired) electrons. The second-order valence-corrected chi connectivity index (χ2v) is 4.97. The predicted octanol–water partition coefficient (Wildman–Crippen LogP) is 2.22. The van der Waals surface area contributed by atoms with E-state index in [9.17, 15) is 9.59 Å². The Morgan fingerprint density at radius 3 is 2.71 bits per heavy atom. The van der Waals surface area contributed by atoms with Crippen LogP contribution in [0.2, 0.25) is 0 Å². The van der Waals surface area contributed by atoms with E-state index in [1.54, 1.807) is 36.4 Å². The fourth-order valence-electron chi connectivity index (χ4n) is 2.44. The molecule has 0 amide bonds. The van der Waals surface area contributed by atoms with Crippen LogP contribution in [0.1, 0.15) is 21.7 Å². The Kier molecular flexibility index (Phi) is 4.15. The maximum absolute atomic E-state index is 11.9. The Labute approximate surface area is 136 Å². The quantitative estimate of drug-likeness (QED) is 0.717. The van der Waals surface area contributed by atoms with Crippen LogP contribution < -0.4 is 10.3 Å². The second kappa shape index (κ2) is 6.41. The number of fused-ring (bicyclic) bond motifs is 1. The molecule has 7 heteroatoms. The zero-order valence-electron chi connectivity index (χ0n) is 13.1. The van der Waals surface area contributed by atoms with Crippen molar-refractivity contribution in [2.45, 2.75) is 0 Å². The first kappa shape index (κ1) is 15.5. The van der Waals surface area contributed by atoms with Crippen molar-refractivity contribution in [3.8, 4) is 5.75 Å². The lowest BCUT2D eigenvalue weighted by Crippen LogP contribution is -2.04. The highest BCUT2D eigenvalue weighted by molar-refractivity contribution is 6.03. The van der Waals surface area contributed by atoms with Gasteiger partial charge in [0.25, 0.3) is 0 Å². The lowest BCUT2D eigenvalue weighted by molar-refractivity contribution is 0.0597. The maximum atomic E-state index is 11.9. The van der Waals surface area contributed by atoms with Crippen LogP contribution in [-0.2, 0) is 4.74 Å². The molecule has 2 aromatic heterocycles. The van der Waals surface area contributed by atoms with Gasteiger partial charge in [0.15, 0.2) is 0 Å². The normalized spacial score (nSPS) is 11.1. The van der Waals surface area contributed by atoms with Crippen molar-refractivity contribution in [2.75, 3.05) is 14.2 Å². The molecule has 0 spiro atoms. The summed E-state index contributed by atoms with van der Waals surface area (Å²) >= 11 is 0. The topological polar surface area (TPSA) is 97.1 Å². The van der Waals surface area contributed by atoms with Gasteiger partial charge in [-0.2, -0.15) is 5.10 Å². The van der Waals surface area contributed by atoms with Crippen molar-refractivity contribution in [3.63, 3.8) is 0 Å². The van der Waals surface area contributed by atoms with Gasteiger partial charge in [-0.15, -0.1) is 0 Å². The van der Waals surface area contributed by atoms with E-state index in [0.717, 1.165) is 0 Å². The average Bonchev–Trinajstić information content (AvgIpc) is 3.01. The monoisotopic (exact) mass is 325 g/mol. The SMILES string of the molecule is COC(=O)c1ccc2n[nH]c(C=Cc3cccc(=O)[nH]3)c2c1OC. The van der Waals surface area contributed by atoms with Crippen LogP contribution in [0.4, 0.5) is 0 Å². The predicted molar refractivity (Wildman–Crippen MR) is 90.0 cm³/mol. The number of H-pyrrole nitrogens is 2. The number of ether oxygens (including phenoxy) is 2. The lowest BCUT2D eigenvalue weighted by Gasteiger charge is -2.08. The van der Waals surface area contributed by atoms with Crippen LogP contribution in [0, 0.1) is 0 Å². The summed E-state index contributed by atoms with van der Waals surface area (Å²) in [5.74, 6) is -0.105. The molecule has 3 aromatic rings. The van der Waals surface area contributed by atoms with Crippen molar-refractivity contribution in [1.82, 2.24) is 15.2 Å². The molecule has 3 rings (SSSR count). The number of aromatic nitrogens is 3. The Morgan fingerprint density at radius 2 is 2.00 bits per heavy atom. The van der Waals surface area contributed by atoms with Gasteiger partial charge in [0.1, 0.15) is 11.3 Å². The molecular weight excluding hydrogens is 310 g/mol. The van der Waals surface area contributed by atoms with Crippen LogP contribution >= 0.6 is 0 Å². The number of carbonyl (C=O) groups is 1. The number of rotatable bonds is 4. The lowest BCUT2D eigenvalue weighted by atomic mass is 10.1. The Bertz CT molecular complexity index is 985. The van der Waals surface area contributed by atoms with E-state index in [-0.39, 0.29) is 5.56 Å². The van der Waals surface area contributed by atoms with Crippen molar-refractivity contribution < 1.29 is 14.3 Å². The molecule has 0 atom stereocenters. The van der Waals surface area contributed by atoms with Crippen molar-refractivity contribution in [2.24, 2.45) is 0 Å². The number of benzene rings is 1. The second-order valence-electron chi connectivity index (χ2n) is 4.97. The molecule has 24 heavy (non-hydrogen) atoms. The van der Waals surface area contributed by atoms with E-state index in [1.807, 2.05) is 0 Å². The van der Waals surface area contributed by atoms with Gasteiger partial charge in [0.2, 0.25) is 5.56 Å². The van der Waals surface area contributed by atoms with E-state index in [0.29, 0.717) is 33.6 Å². The minimum Gasteiger partial charge on any atom is -0.495 e. The molecule has 2 N–H and O–H groups in total. The molecule has 0 saturated carbocycles. The summed E-state index contributed by atoms with van der Waals surface area (Å²) in [4.78, 5) is 25.9. The maximum Gasteiger partial charge on any atom is 0.341 e. The molecule has 2 heterocycles. The third-order valence-electron chi connectivity index (χ3n) is 3.53. The largest absolute Gasteiger partial charge is 0.495 e. The smallest absolute Gasteiger partial charge is 0.341 e. The fraction of sp³-hybridized carbons (Fsp3) is 0.118. The van der Waals surface area contributed by atoms with Gasteiger partial charge in [-0.1, -0.05) is 6.07 Å². The number of nitrogens with one attached hydrogen (secondary N) is 2. The summed E-state index contributed by atoms with van der Waals surface area (Å²) in [6.45, 7) is 0. The zero-order valence-corrected chi connectivity index (χ0v) is 13.1. The van der Waals surface area contributed by atoms with Crippen molar-refractivity contribution in [3.05, 3.63) is 57.6 Å². The molecule has 0 aliphatic carbocycles. The summed E-state index contributed by atoms with van der Waals surface area (Å²) < 4.78 is 10.2. The van der Waals surface area contributed by atoms with Gasteiger partial charge in [0, 0.05) is 11.8 Å². The zero-order chi connectivity index (χ0) is 17.1. The van der Waals surface area contributed by atoms with E-state index >= 15 is 0 Å². The molecule has 0 saturated heterocycles. The van der Waals surface area contributed by atoms with Crippen molar-refractivity contribution >= 4 is 29.0 Å². The van der Waals surface area contributed by atoms with Gasteiger partial charge in [-0.3, -0.25) is 9.89 Å². The van der Waals surface area contributed by atoms with E-state index < -0.39 is 5.97 Å². The number of methoxy groups -OCH3 is 2. The summed E-state index contributed by atoms with van der Waals surface area (Å²) in [5, 5.41) is 7.76. The number of pyridine rings is 1. The molecule has 0 bridgehead atoms. The Balaban J connectivity index is 2.12. The highest BCUT2D eigenvalue weighted by Gasteiger charge is 2.19. The van der Waals surface area contributed by atoms with Crippen LogP contribution in [0.5, 0.6) is 5.75 Å². The third kappa shape index (κ3) is 2.79. The van der Waals surface area contributed by atoms with Crippen LogP contribution in [-0.4, -0.2) is 35.4 Å². The van der Waals surface area contributed by atoms with E-state index in [2.05, 4.69) is 15.2 Å². The number of carbonyl (C=O) groups excluding carboxylic acids is 1. The standard InChI is InChI=1S/C17H15N3O4/c1-23-16-11(17(22)24-2)7-9-13-15(16)12(19-20-13)8-6-10-4-3-5-14(21)18-10/h3-9H,1-2H3,(H,18,21)(H,19,20). The van der Waals surface area contributed by atoms with E-state index in [1.165, 1.54) is 20.3 Å². The van der Waals surface area contributed by atoms with E-state index in [4.69, 9.17) is 9.47 Å². The summed E-state index contributed by atoms with van der Waals surface area (Å²) in [6, 6.07) is 8.19. The van der Waals surface area contributed by atoms with Gasteiger partial charge in [-0.05, 0) is 30.4 Å². The van der Waals surface area contributed by atoms with Gasteiger partial charge >= 0.3 is 5.97 Å². The molecule has 0 aliphatic heterocycles. The number of aromatic amines is 2. The number of esters is 1. The van der Waals surface area contributed by atoms with Crippen molar-refractivity contribution in [1.29, 1.82) is 0 Å².